The number of amides is 2. The normalized spacial score (nSPS) is 16.6. The van der Waals surface area contributed by atoms with Crippen molar-refractivity contribution >= 4 is 23.2 Å². The lowest BCUT2D eigenvalue weighted by molar-refractivity contribution is 0.0743. The van der Waals surface area contributed by atoms with Gasteiger partial charge in [0.1, 0.15) is 5.75 Å². The molecule has 4 rings (SSSR count). The van der Waals surface area contributed by atoms with Crippen LogP contribution in [0.1, 0.15) is 33.6 Å². The number of nitrogen functional groups attached to an aromatic ring is 1. The number of methoxy groups -OCH3 is 1. The first-order chi connectivity index (χ1) is 14.6. The number of hydrogen-bond acceptors (Lipinski definition) is 5. The highest BCUT2D eigenvalue weighted by Crippen LogP contribution is 2.27. The van der Waals surface area contributed by atoms with E-state index in [1.165, 1.54) is 0 Å². The molecule has 0 aliphatic carbocycles. The number of benzene rings is 2. The van der Waals surface area contributed by atoms with Crippen LogP contribution >= 0.6 is 0 Å². The number of rotatable bonds is 4. The molecule has 0 radical (unpaired) electrons. The fraction of sp³-hybridized carbons (Fsp3) is 0.391. The minimum Gasteiger partial charge on any atom is -0.497 e. The Bertz CT molecular complexity index is 915. The van der Waals surface area contributed by atoms with Crippen LogP contribution in [0, 0.1) is 0 Å². The van der Waals surface area contributed by atoms with Crippen molar-refractivity contribution in [3.05, 3.63) is 53.6 Å². The lowest BCUT2D eigenvalue weighted by Crippen LogP contribution is -2.49. The maximum Gasteiger partial charge on any atom is 0.256 e. The van der Waals surface area contributed by atoms with Crippen LogP contribution in [0.15, 0.2) is 42.5 Å². The van der Waals surface area contributed by atoms with E-state index in [1.807, 2.05) is 21.9 Å². The monoisotopic (exact) mass is 408 g/mol. The molecule has 2 saturated heterocycles. The quantitative estimate of drug-likeness (QED) is 0.787. The second-order valence-corrected chi connectivity index (χ2v) is 7.78. The van der Waals surface area contributed by atoms with Crippen LogP contribution in [0.4, 0.5) is 11.4 Å². The Morgan fingerprint density at radius 1 is 0.833 bits per heavy atom. The zero-order chi connectivity index (χ0) is 21.1. The third kappa shape index (κ3) is 4.06. The van der Waals surface area contributed by atoms with Crippen molar-refractivity contribution in [2.45, 2.75) is 12.8 Å². The third-order valence-electron chi connectivity index (χ3n) is 5.89. The number of nitrogens with two attached hydrogens (primary N) is 1. The Labute approximate surface area is 177 Å². The van der Waals surface area contributed by atoms with E-state index in [0.29, 0.717) is 43.0 Å². The van der Waals surface area contributed by atoms with Crippen LogP contribution in [-0.4, -0.2) is 68.0 Å². The van der Waals surface area contributed by atoms with Gasteiger partial charge in [0.25, 0.3) is 11.8 Å². The van der Waals surface area contributed by atoms with Crippen LogP contribution in [0.5, 0.6) is 5.75 Å². The van der Waals surface area contributed by atoms with E-state index in [2.05, 4.69) is 4.90 Å². The summed E-state index contributed by atoms with van der Waals surface area (Å²) in [5.41, 5.74) is 8.80. The van der Waals surface area contributed by atoms with Gasteiger partial charge >= 0.3 is 0 Å². The van der Waals surface area contributed by atoms with Gasteiger partial charge in [-0.15, -0.1) is 0 Å². The van der Waals surface area contributed by atoms with E-state index in [0.717, 1.165) is 37.4 Å². The van der Waals surface area contributed by atoms with Crippen LogP contribution < -0.4 is 15.4 Å². The van der Waals surface area contributed by atoms with Gasteiger partial charge in [0, 0.05) is 56.2 Å². The van der Waals surface area contributed by atoms with Crippen LogP contribution in [0.3, 0.4) is 0 Å². The minimum absolute atomic E-state index is 0.0166. The molecule has 0 spiro atoms. The molecule has 0 saturated carbocycles. The summed E-state index contributed by atoms with van der Waals surface area (Å²) in [6.07, 6.45) is 2.10. The zero-order valence-corrected chi connectivity index (χ0v) is 17.3. The molecule has 0 aromatic heterocycles. The molecule has 0 bridgehead atoms. The molecule has 0 unspecified atom stereocenters. The number of carbonyl (C=O) groups is 2. The Hall–Kier alpha value is -3.22. The molecular weight excluding hydrogens is 380 g/mol. The molecule has 7 nitrogen and oxygen atoms in total. The van der Waals surface area contributed by atoms with Crippen molar-refractivity contribution in [1.82, 2.24) is 9.80 Å². The lowest BCUT2D eigenvalue weighted by atomic mass is 10.1. The number of carbonyl (C=O) groups excluding carboxylic acids is 2. The van der Waals surface area contributed by atoms with Crippen molar-refractivity contribution < 1.29 is 14.3 Å². The molecule has 2 aromatic rings. The van der Waals surface area contributed by atoms with Crippen LogP contribution in [0.25, 0.3) is 0 Å². The third-order valence-corrected chi connectivity index (χ3v) is 5.89. The number of hydrogen-bond donors (Lipinski definition) is 1. The number of ether oxygens (including phenoxy) is 1. The minimum atomic E-state index is 0.0166. The van der Waals surface area contributed by atoms with Gasteiger partial charge in [0.15, 0.2) is 0 Å². The van der Waals surface area contributed by atoms with Gasteiger partial charge in [-0.1, -0.05) is 0 Å². The average molecular weight is 409 g/mol. The summed E-state index contributed by atoms with van der Waals surface area (Å²) in [5.74, 6) is 0.796. The second kappa shape index (κ2) is 8.65. The second-order valence-electron chi connectivity index (χ2n) is 7.78. The highest BCUT2D eigenvalue weighted by molar-refractivity contribution is 6.01. The number of anilines is 2. The van der Waals surface area contributed by atoms with Crippen molar-refractivity contribution in [3.8, 4) is 5.75 Å². The van der Waals surface area contributed by atoms with Gasteiger partial charge < -0.3 is 25.2 Å². The maximum atomic E-state index is 13.0. The van der Waals surface area contributed by atoms with E-state index in [9.17, 15) is 9.59 Å². The SMILES string of the molecule is COc1ccc(C(=O)N2CCN(c3ccc(N)cc3C(=O)N3CCCC3)CC2)cc1. The molecule has 2 aromatic carbocycles. The first-order valence-corrected chi connectivity index (χ1v) is 10.4. The molecule has 2 N–H and O–H groups in total. The molecule has 30 heavy (non-hydrogen) atoms. The summed E-state index contributed by atoms with van der Waals surface area (Å²) >= 11 is 0. The van der Waals surface area contributed by atoms with Gasteiger partial charge in [0.05, 0.1) is 12.7 Å². The lowest BCUT2D eigenvalue weighted by Gasteiger charge is -2.37. The molecule has 2 heterocycles. The van der Waals surface area contributed by atoms with E-state index in [4.69, 9.17) is 10.5 Å². The molecule has 2 aliphatic rings. The summed E-state index contributed by atoms with van der Waals surface area (Å²) in [6.45, 7) is 4.16. The molecular formula is C23H28N4O3. The number of nitrogens with zero attached hydrogens (tertiary/aromatic N) is 3. The topological polar surface area (TPSA) is 79.1 Å². The summed E-state index contributed by atoms with van der Waals surface area (Å²) < 4.78 is 5.16. The van der Waals surface area contributed by atoms with Gasteiger partial charge in [0.2, 0.25) is 0 Å². The summed E-state index contributed by atoms with van der Waals surface area (Å²) in [4.78, 5) is 31.8. The van der Waals surface area contributed by atoms with Crippen LogP contribution in [-0.2, 0) is 0 Å². The Kier molecular flexibility index (Phi) is 5.79. The molecule has 7 heteroatoms. The van der Waals surface area contributed by atoms with Crippen LogP contribution in [0.2, 0.25) is 0 Å². The van der Waals surface area contributed by atoms with E-state index < -0.39 is 0 Å². The molecule has 0 atom stereocenters. The van der Waals surface area contributed by atoms with Crippen molar-refractivity contribution in [1.29, 1.82) is 0 Å². The maximum absolute atomic E-state index is 13.0. The van der Waals surface area contributed by atoms with Gasteiger partial charge in [-0.05, 0) is 55.3 Å². The Morgan fingerprint density at radius 2 is 1.47 bits per heavy atom. The fourth-order valence-electron chi connectivity index (χ4n) is 4.16. The fourth-order valence-corrected chi connectivity index (χ4v) is 4.16. The van der Waals surface area contributed by atoms with Gasteiger partial charge in [-0.25, -0.2) is 0 Å². The highest BCUT2D eigenvalue weighted by Gasteiger charge is 2.27. The Morgan fingerprint density at radius 3 is 2.10 bits per heavy atom. The molecule has 2 fully saturated rings. The predicted molar refractivity (Wildman–Crippen MR) is 117 cm³/mol. The number of piperazine rings is 1. The molecule has 2 amide bonds. The van der Waals surface area contributed by atoms with Crippen molar-refractivity contribution in [2.24, 2.45) is 0 Å². The molecule has 158 valence electrons. The standard InChI is InChI=1S/C23H28N4O3/c1-30-19-7-4-17(5-8-19)22(28)27-14-12-25(13-15-27)21-9-6-18(24)16-20(21)23(29)26-10-2-3-11-26/h4-9,16H,2-3,10-15,24H2,1H3. The largest absolute Gasteiger partial charge is 0.497 e. The summed E-state index contributed by atoms with van der Waals surface area (Å²) in [7, 11) is 1.61. The number of likely N-dealkylation sites (tertiary alicyclic amines) is 1. The average Bonchev–Trinajstić information content (AvgIpc) is 3.33. The first-order valence-electron chi connectivity index (χ1n) is 10.4. The van der Waals surface area contributed by atoms with E-state index >= 15 is 0 Å². The van der Waals surface area contributed by atoms with Crippen molar-refractivity contribution in [3.63, 3.8) is 0 Å². The van der Waals surface area contributed by atoms with Gasteiger partial charge in [-0.3, -0.25) is 9.59 Å². The smallest absolute Gasteiger partial charge is 0.256 e. The first kappa shape index (κ1) is 20.1. The Balaban J connectivity index is 1.46. The van der Waals surface area contributed by atoms with E-state index in [-0.39, 0.29) is 11.8 Å². The molecule has 2 aliphatic heterocycles. The zero-order valence-electron chi connectivity index (χ0n) is 17.3. The van der Waals surface area contributed by atoms with E-state index in [1.54, 1.807) is 37.4 Å². The van der Waals surface area contributed by atoms with Crippen molar-refractivity contribution in [2.75, 3.05) is 57.0 Å². The highest BCUT2D eigenvalue weighted by atomic mass is 16.5. The summed E-state index contributed by atoms with van der Waals surface area (Å²) in [6, 6.07) is 12.7. The van der Waals surface area contributed by atoms with Gasteiger partial charge in [-0.2, -0.15) is 0 Å². The predicted octanol–water partition coefficient (Wildman–Crippen LogP) is 2.48. The summed E-state index contributed by atoms with van der Waals surface area (Å²) in [5, 5.41) is 0.